The molecule has 0 fully saturated rings. The van der Waals surface area contributed by atoms with Crippen molar-refractivity contribution in [1.29, 1.82) is 0 Å². The summed E-state index contributed by atoms with van der Waals surface area (Å²) in [6.07, 6.45) is 0. The van der Waals surface area contributed by atoms with Crippen LogP contribution in [0.15, 0.2) is 48.5 Å². The number of aromatic nitrogens is 1. The second kappa shape index (κ2) is 5.46. The molecule has 3 rings (SSSR count). The van der Waals surface area contributed by atoms with E-state index in [2.05, 4.69) is 4.98 Å². The second-order valence-corrected chi connectivity index (χ2v) is 4.50. The first kappa shape index (κ1) is 13.5. The van der Waals surface area contributed by atoms with E-state index in [4.69, 9.17) is 4.74 Å². The third kappa shape index (κ3) is 2.83. The second-order valence-electron chi connectivity index (χ2n) is 4.50. The highest BCUT2D eigenvalue weighted by atomic mass is 19.1. The number of halogens is 2. The van der Waals surface area contributed by atoms with Crippen molar-refractivity contribution >= 4 is 10.9 Å². The van der Waals surface area contributed by atoms with Crippen molar-refractivity contribution in [2.75, 3.05) is 0 Å². The van der Waals surface area contributed by atoms with E-state index in [1.807, 2.05) is 18.2 Å². The third-order valence-corrected chi connectivity index (χ3v) is 3.01. The number of benzene rings is 2. The maximum Gasteiger partial charge on any atom is 0.220 e. The van der Waals surface area contributed by atoms with Gasteiger partial charge in [-0.2, -0.15) is 0 Å². The van der Waals surface area contributed by atoms with Crippen LogP contribution in [0.4, 0.5) is 8.78 Å². The lowest BCUT2D eigenvalue weighted by Crippen LogP contribution is -1.94. The average molecular weight is 287 g/mol. The molecule has 1 heterocycles. The van der Waals surface area contributed by atoms with Gasteiger partial charge in [0.2, 0.25) is 5.88 Å². The minimum absolute atomic E-state index is 0.0131. The van der Waals surface area contributed by atoms with Crippen molar-refractivity contribution in [1.82, 2.24) is 4.98 Å². The van der Waals surface area contributed by atoms with E-state index >= 15 is 0 Å². The lowest BCUT2D eigenvalue weighted by atomic mass is 10.1. The number of pyridine rings is 1. The van der Waals surface area contributed by atoms with Crippen LogP contribution in [-0.4, -0.2) is 10.1 Å². The largest absolute Gasteiger partial charge is 0.439 e. The Morgan fingerprint density at radius 1 is 1.00 bits per heavy atom. The van der Waals surface area contributed by atoms with Gasteiger partial charge in [0.15, 0.2) is 0 Å². The first-order valence-corrected chi connectivity index (χ1v) is 6.29. The smallest absolute Gasteiger partial charge is 0.220 e. The molecule has 1 N–H and O–H groups in total. The number of aliphatic hydroxyl groups excluding tert-OH is 1. The van der Waals surface area contributed by atoms with Crippen LogP contribution in [0, 0.1) is 11.6 Å². The van der Waals surface area contributed by atoms with Gasteiger partial charge in [0.25, 0.3) is 0 Å². The SMILES string of the molecule is OCc1cc(Oc2cc(F)cc(F)c2)nc2ccccc12. The molecular formula is C16H11F2NO2. The van der Waals surface area contributed by atoms with Crippen LogP contribution in [0.1, 0.15) is 5.56 Å². The monoisotopic (exact) mass is 287 g/mol. The number of hydrogen-bond donors (Lipinski definition) is 1. The molecule has 0 saturated carbocycles. The summed E-state index contributed by atoms with van der Waals surface area (Å²) in [5.74, 6) is -1.27. The van der Waals surface area contributed by atoms with Crippen molar-refractivity contribution in [3.05, 3.63) is 65.7 Å². The van der Waals surface area contributed by atoms with E-state index in [-0.39, 0.29) is 18.2 Å². The Morgan fingerprint density at radius 2 is 1.71 bits per heavy atom. The Hall–Kier alpha value is -2.53. The van der Waals surface area contributed by atoms with E-state index in [1.54, 1.807) is 12.1 Å². The number of para-hydroxylation sites is 1. The van der Waals surface area contributed by atoms with Gasteiger partial charge in [0.05, 0.1) is 12.1 Å². The molecule has 0 aliphatic rings. The van der Waals surface area contributed by atoms with Gasteiger partial charge in [-0.1, -0.05) is 18.2 Å². The molecule has 0 aliphatic heterocycles. The number of aliphatic hydroxyl groups is 1. The lowest BCUT2D eigenvalue weighted by Gasteiger charge is -2.09. The van der Waals surface area contributed by atoms with Crippen LogP contribution >= 0.6 is 0 Å². The summed E-state index contributed by atoms with van der Waals surface area (Å²) in [7, 11) is 0. The highest BCUT2D eigenvalue weighted by Gasteiger charge is 2.08. The van der Waals surface area contributed by atoms with E-state index in [1.165, 1.54) is 0 Å². The van der Waals surface area contributed by atoms with E-state index in [9.17, 15) is 13.9 Å². The van der Waals surface area contributed by atoms with Crippen LogP contribution in [0.2, 0.25) is 0 Å². The molecule has 2 aromatic carbocycles. The summed E-state index contributed by atoms with van der Waals surface area (Å²) in [6.45, 7) is -0.184. The fraction of sp³-hybridized carbons (Fsp3) is 0.0625. The molecular weight excluding hydrogens is 276 g/mol. The highest BCUT2D eigenvalue weighted by Crippen LogP contribution is 2.26. The number of rotatable bonds is 3. The molecule has 0 unspecified atom stereocenters. The van der Waals surface area contributed by atoms with Crippen LogP contribution in [-0.2, 0) is 6.61 Å². The Bertz CT molecular complexity index is 785. The molecule has 0 spiro atoms. The summed E-state index contributed by atoms with van der Waals surface area (Å²) < 4.78 is 31.7. The Labute approximate surface area is 119 Å². The molecule has 106 valence electrons. The average Bonchev–Trinajstić information content (AvgIpc) is 2.45. The third-order valence-electron chi connectivity index (χ3n) is 3.01. The van der Waals surface area contributed by atoms with Crippen LogP contribution in [0.25, 0.3) is 10.9 Å². The molecule has 0 bridgehead atoms. The molecule has 0 amide bonds. The predicted octanol–water partition coefficient (Wildman–Crippen LogP) is 3.80. The Kier molecular flexibility index (Phi) is 3.50. The molecule has 1 aromatic heterocycles. The van der Waals surface area contributed by atoms with Crippen molar-refractivity contribution in [2.45, 2.75) is 6.61 Å². The van der Waals surface area contributed by atoms with Crippen molar-refractivity contribution in [3.8, 4) is 11.6 Å². The predicted molar refractivity (Wildman–Crippen MR) is 74.1 cm³/mol. The standard InChI is InChI=1S/C16H11F2NO2/c17-11-6-12(18)8-13(7-11)21-16-5-10(9-20)14-3-1-2-4-15(14)19-16/h1-8,20H,9H2. The molecule has 0 atom stereocenters. The molecule has 5 heteroatoms. The Morgan fingerprint density at radius 3 is 2.43 bits per heavy atom. The number of ether oxygens (including phenoxy) is 1. The van der Waals surface area contributed by atoms with Gasteiger partial charge < -0.3 is 9.84 Å². The topological polar surface area (TPSA) is 42.4 Å². The summed E-state index contributed by atoms with van der Waals surface area (Å²) >= 11 is 0. The normalized spacial score (nSPS) is 10.8. The fourth-order valence-corrected chi connectivity index (χ4v) is 2.11. The van der Waals surface area contributed by atoms with Gasteiger partial charge in [0, 0.05) is 29.7 Å². The van der Waals surface area contributed by atoms with Gasteiger partial charge in [-0.05, 0) is 11.6 Å². The fourth-order valence-electron chi connectivity index (χ4n) is 2.11. The number of nitrogens with zero attached hydrogens (tertiary/aromatic N) is 1. The quantitative estimate of drug-likeness (QED) is 0.796. The van der Waals surface area contributed by atoms with Gasteiger partial charge in [-0.25, -0.2) is 13.8 Å². The summed E-state index contributed by atoms with van der Waals surface area (Å²) in [6, 6.07) is 11.7. The van der Waals surface area contributed by atoms with Gasteiger partial charge >= 0.3 is 0 Å². The first-order chi connectivity index (χ1) is 10.2. The zero-order valence-electron chi connectivity index (χ0n) is 10.9. The van der Waals surface area contributed by atoms with Crippen LogP contribution in [0.3, 0.4) is 0 Å². The zero-order valence-corrected chi connectivity index (χ0v) is 10.9. The minimum atomic E-state index is -0.729. The summed E-state index contributed by atoms with van der Waals surface area (Å²) in [4.78, 5) is 4.26. The van der Waals surface area contributed by atoms with Crippen LogP contribution in [0.5, 0.6) is 11.6 Å². The summed E-state index contributed by atoms with van der Waals surface area (Å²) in [5, 5.41) is 10.2. The molecule has 3 aromatic rings. The van der Waals surface area contributed by atoms with Gasteiger partial charge in [0.1, 0.15) is 17.4 Å². The molecule has 0 saturated heterocycles. The minimum Gasteiger partial charge on any atom is -0.439 e. The van der Waals surface area contributed by atoms with Gasteiger partial charge in [-0.3, -0.25) is 0 Å². The van der Waals surface area contributed by atoms with E-state index in [0.717, 1.165) is 23.6 Å². The molecule has 0 radical (unpaired) electrons. The van der Waals surface area contributed by atoms with Crippen molar-refractivity contribution in [3.63, 3.8) is 0 Å². The summed E-state index contributed by atoms with van der Waals surface area (Å²) in [5.41, 5.74) is 1.27. The van der Waals surface area contributed by atoms with Gasteiger partial charge in [-0.15, -0.1) is 0 Å². The Balaban J connectivity index is 2.04. The highest BCUT2D eigenvalue weighted by molar-refractivity contribution is 5.82. The molecule has 0 aliphatic carbocycles. The van der Waals surface area contributed by atoms with Crippen molar-refractivity contribution < 1.29 is 18.6 Å². The zero-order chi connectivity index (χ0) is 14.8. The number of hydrogen-bond acceptors (Lipinski definition) is 3. The maximum absolute atomic E-state index is 13.1. The lowest BCUT2D eigenvalue weighted by molar-refractivity contribution is 0.282. The van der Waals surface area contributed by atoms with E-state index < -0.39 is 11.6 Å². The van der Waals surface area contributed by atoms with Crippen molar-refractivity contribution in [2.24, 2.45) is 0 Å². The van der Waals surface area contributed by atoms with E-state index in [0.29, 0.717) is 11.1 Å². The number of fused-ring (bicyclic) bond motifs is 1. The first-order valence-electron chi connectivity index (χ1n) is 6.29. The molecule has 21 heavy (non-hydrogen) atoms. The van der Waals surface area contributed by atoms with Crippen LogP contribution < -0.4 is 4.74 Å². The maximum atomic E-state index is 13.1. The molecule has 3 nitrogen and oxygen atoms in total.